The quantitative estimate of drug-likeness (QED) is 0.0777. The summed E-state index contributed by atoms with van der Waals surface area (Å²) in [4.78, 5) is 16.2. The second-order valence-corrected chi connectivity index (χ2v) is 14.4. The molecule has 288 valence electrons. The molecule has 0 radical (unpaired) electrons. The van der Waals surface area contributed by atoms with Crippen LogP contribution in [0, 0.1) is 6.92 Å². The summed E-state index contributed by atoms with van der Waals surface area (Å²) in [5, 5.41) is 0. The first-order valence-corrected chi connectivity index (χ1v) is 19.7. The summed E-state index contributed by atoms with van der Waals surface area (Å²) in [6, 6.07) is 21.7. The molecule has 10 heteroatoms. The van der Waals surface area contributed by atoms with Crippen molar-refractivity contribution in [1.82, 2.24) is 9.88 Å². The molecule has 1 saturated heterocycles. The van der Waals surface area contributed by atoms with E-state index in [4.69, 9.17) is 33.7 Å². The van der Waals surface area contributed by atoms with Crippen LogP contribution in [0.15, 0.2) is 88.4 Å². The van der Waals surface area contributed by atoms with E-state index in [0.717, 1.165) is 84.2 Å². The number of rotatable bonds is 17. The highest BCUT2D eigenvalue weighted by molar-refractivity contribution is 7.98. The van der Waals surface area contributed by atoms with Gasteiger partial charge in [-0.2, -0.15) is 0 Å². The summed E-state index contributed by atoms with van der Waals surface area (Å²) in [6.07, 6.45) is 8.49. The second-order valence-electron chi connectivity index (χ2n) is 13.5. The Morgan fingerprint density at radius 2 is 1.65 bits per heavy atom. The van der Waals surface area contributed by atoms with E-state index in [1.807, 2.05) is 19.2 Å². The van der Waals surface area contributed by atoms with Gasteiger partial charge < -0.3 is 28.6 Å². The summed E-state index contributed by atoms with van der Waals surface area (Å²) in [5.41, 5.74) is 9.36. The molecule has 0 aliphatic carbocycles. The highest BCUT2D eigenvalue weighted by atomic mass is 32.2. The van der Waals surface area contributed by atoms with Gasteiger partial charge in [0.15, 0.2) is 11.5 Å². The van der Waals surface area contributed by atoms with Crippen molar-refractivity contribution >= 4 is 23.2 Å². The van der Waals surface area contributed by atoms with E-state index in [2.05, 4.69) is 90.6 Å². The zero-order chi connectivity index (χ0) is 38.6. The van der Waals surface area contributed by atoms with Crippen LogP contribution in [0.5, 0.6) is 23.0 Å². The van der Waals surface area contributed by atoms with Crippen LogP contribution in [0.4, 0.5) is 5.69 Å². The van der Waals surface area contributed by atoms with Crippen LogP contribution < -0.4 is 23.8 Å². The fourth-order valence-corrected chi connectivity index (χ4v) is 7.66. The Bertz CT molecular complexity index is 1880. The van der Waals surface area contributed by atoms with Gasteiger partial charge in [0.05, 0.1) is 46.5 Å². The SMILES string of the molecule is CCN=C(/C=C(\C)CN1CCC(N(Cc2ccc(-c3cc(COC)c(OC)c(OC)c3)nc2)c2cccc(SC)c2)CC1)c1cc(OC)c(C)c(OC)c1. The summed E-state index contributed by atoms with van der Waals surface area (Å²) in [7, 11) is 8.37. The van der Waals surface area contributed by atoms with E-state index in [0.29, 0.717) is 30.7 Å². The maximum absolute atomic E-state index is 5.66. The monoisotopic (exact) mass is 752 g/mol. The van der Waals surface area contributed by atoms with Gasteiger partial charge in [-0.3, -0.25) is 14.9 Å². The number of benzene rings is 3. The van der Waals surface area contributed by atoms with Crippen LogP contribution >= 0.6 is 11.8 Å². The van der Waals surface area contributed by atoms with Crippen LogP contribution in [-0.2, 0) is 17.9 Å². The molecule has 5 rings (SSSR count). The third kappa shape index (κ3) is 9.96. The largest absolute Gasteiger partial charge is 0.496 e. The number of nitrogens with zero attached hydrogens (tertiary/aromatic N) is 4. The molecule has 0 bridgehead atoms. The zero-order valence-corrected chi connectivity index (χ0v) is 34.2. The van der Waals surface area contributed by atoms with Crippen LogP contribution in [0.25, 0.3) is 11.3 Å². The molecule has 2 heterocycles. The number of ether oxygens (including phenoxy) is 5. The van der Waals surface area contributed by atoms with Crippen LogP contribution in [0.3, 0.4) is 0 Å². The lowest BCUT2D eigenvalue weighted by atomic mass is 10.00. The first-order valence-electron chi connectivity index (χ1n) is 18.5. The lowest BCUT2D eigenvalue weighted by Crippen LogP contribution is -2.45. The summed E-state index contributed by atoms with van der Waals surface area (Å²) < 4.78 is 28.0. The molecule has 1 aliphatic rings. The Morgan fingerprint density at radius 1 is 0.926 bits per heavy atom. The smallest absolute Gasteiger partial charge is 0.166 e. The van der Waals surface area contributed by atoms with E-state index in [1.165, 1.54) is 21.7 Å². The van der Waals surface area contributed by atoms with Crippen molar-refractivity contribution in [3.05, 3.63) is 101 Å². The third-order valence-corrected chi connectivity index (χ3v) is 10.7. The van der Waals surface area contributed by atoms with Gasteiger partial charge in [-0.1, -0.05) is 17.7 Å². The van der Waals surface area contributed by atoms with Crippen molar-refractivity contribution in [2.75, 3.05) is 72.9 Å². The molecule has 0 spiro atoms. The number of methoxy groups -OCH3 is 5. The number of aliphatic imine (C=N–C) groups is 1. The van der Waals surface area contributed by atoms with Gasteiger partial charge in [0.1, 0.15) is 11.5 Å². The van der Waals surface area contributed by atoms with E-state index in [1.54, 1.807) is 47.3 Å². The number of anilines is 1. The van der Waals surface area contributed by atoms with Gasteiger partial charge in [0.25, 0.3) is 0 Å². The van der Waals surface area contributed by atoms with Crippen molar-refractivity contribution in [2.45, 2.75) is 57.7 Å². The lowest BCUT2D eigenvalue weighted by Gasteiger charge is -2.40. The first-order chi connectivity index (χ1) is 26.2. The Labute approximate surface area is 326 Å². The fraction of sp³-hybridized carbons (Fsp3) is 0.409. The van der Waals surface area contributed by atoms with E-state index in [9.17, 15) is 0 Å². The van der Waals surface area contributed by atoms with Crippen molar-refractivity contribution < 1.29 is 23.7 Å². The predicted octanol–water partition coefficient (Wildman–Crippen LogP) is 8.89. The number of pyridine rings is 1. The molecule has 3 aromatic carbocycles. The van der Waals surface area contributed by atoms with Crippen molar-refractivity contribution in [3.63, 3.8) is 0 Å². The molecule has 0 atom stereocenters. The number of piperidine rings is 1. The van der Waals surface area contributed by atoms with Gasteiger partial charge in [-0.05, 0) is 100 Å². The molecule has 1 fully saturated rings. The molecule has 0 unspecified atom stereocenters. The van der Waals surface area contributed by atoms with Crippen molar-refractivity contribution in [2.24, 2.45) is 4.99 Å². The van der Waals surface area contributed by atoms with Crippen LogP contribution in [0.2, 0.25) is 0 Å². The zero-order valence-electron chi connectivity index (χ0n) is 33.4. The number of hydrogen-bond acceptors (Lipinski definition) is 10. The van der Waals surface area contributed by atoms with Crippen LogP contribution in [-0.4, -0.2) is 89.6 Å². The molecular formula is C44H56N4O5S. The molecule has 1 aromatic heterocycles. The minimum Gasteiger partial charge on any atom is -0.496 e. The van der Waals surface area contributed by atoms with Gasteiger partial charge in [0.2, 0.25) is 0 Å². The predicted molar refractivity (Wildman–Crippen MR) is 222 cm³/mol. The first kappa shape index (κ1) is 40.7. The molecular weight excluding hydrogens is 697 g/mol. The lowest BCUT2D eigenvalue weighted by molar-refractivity contribution is 0.181. The standard InChI is InChI=1S/C44H56N4O5S/c1-10-45-40(34-22-41(50-5)31(3)42(23-34)51-6)20-30(2)27-47-18-16-36(17-19-47)48(37-12-11-13-38(25-37)54-9)28-32-14-15-39(46-26-32)33-21-35(29-49-4)44(53-8)43(24-33)52-7/h11-15,20-26,36H,10,16-19,27-29H2,1-9H3/b30-20+,45-40?. The van der Waals surface area contributed by atoms with Crippen LogP contribution in [0.1, 0.15) is 48.9 Å². The molecule has 0 N–H and O–H groups in total. The Kier molecular flexibility index (Phi) is 14.8. The highest BCUT2D eigenvalue weighted by Gasteiger charge is 2.26. The number of allylic oxidation sites excluding steroid dienone is 1. The van der Waals surface area contributed by atoms with E-state index in [-0.39, 0.29) is 0 Å². The maximum atomic E-state index is 5.66. The second kappa shape index (κ2) is 19.7. The average Bonchev–Trinajstić information content (AvgIpc) is 3.20. The third-order valence-electron chi connectivity index (χ3n) is 9.94. The summed E-state index contributed by atoms with van der Waals surface area (Å²) in [5.74, 6) is 2.94. The number of thioether (sulfide) groups is 1. The van der Waals surface area contributed by atoms with Gasteiger partial charge in [0, 0.05) is 84.9 Å². The molecule has 1 aliphatic heterocycles. The van der Waals surface area contributed by atoms with E-state index >= 15 is 0 Å². The molecule has 0 saturated carbocycles. The maximum Gasteiger partial charge on any atom is 0.166 e. The number of likely N-dealkylation sites (tertiary alicyclic amines) is 1. The topological polar surface area (TPSA) is 77.9 Å². The molecule has 9 nitrogen and oxygen atoms in total. The van der Waals surface area contributed by atoms with Gasteiger partial charge in [-0.15, -0.1) is 11.8 Å². The molecule has 54 heavy (non-hydrogen) atoms. The summed E-state index contributed by atoms with van der Waals surface area (Å²) >= 11 is 1.78. The van der Waals surface area contributed by atoms with Gasteiger partial charge in [-0.25, -0.2) is 0 Å². The fourth-order valence-electron chi connectivity index (χ4n) is 7.21. The molecule has 0 amide bonds. The average molecular weight is 753 g/mol. The normalized spacial score (nSPS) is 14.2. The summed E-state index contributed by atoms with van der Waals surface area (Å²) in [6.45, 7) is 11.1. The minimum atomic E-state index is 0.398. The van der Waals surface area contributed by atoms with Gasteiger partial charge >= 0.3 is 0 Å². The Morgan fingerprint density at radius 3 is 2.24 bits per heavy atom. The minimum absolute atomic E-state index is 0.398. The van der Waals surface area contributed by atoms with E-state index < -0.39 is 0 Å². The highest BCUT2D eigenvalue weighted by Crippen LogP contribution is 2.37. The van der Waals surface area contributed by atoms with Crippen molar-refractivity contribution in [1.29, 1.82) is 0 Å². The number of hydrogen-bond donors (Lipinski definition) is 0. The number of aromatic nitrogens is 1. The molecule has 4 aromatic rings. The Hall–Kier alpha value is -4.51. The van der Waals surface area contributed by atoms with Crippen molar-refractivity contribution in [3.8, 4) is 34.3 Å². The Balaban J connectivity index is 1.32.